The number of hydrogen-bond acceptors (Lipinski definition) is 2. The number of nitrogens with zero attached hydrogens (tertiary/aromatic N) is 3. The molecule has 0 aromatic carbocycles. The molecule has 0 aliphatic rings. The van der Waals surface area contributed by atoms with Crippen molar-refractivity contribution in [3.8, 4) is 0 Å². The van der Waals surface area contributed by atoms with Gasteiger partial charge in [0.15, 0.2) is 0 Å². The van der Waals surface area contributed by atoms with Crippen molar-refractivity contribution < 1.29 is 0 Å². The number of rotatable bonds is 2. The lowest BCUT2D eigenvalue weighted by Crippen LogP contribution is -2.06. The summed E-state index contributed by atoms with van der Waals surface area (Å²) in [5.41, 5.74) is 3.36. The summed E-state index contributed by atoms with van der Waals surface area (Å²) in [6, 6.07) is 0.433. The van der Waals surface area contributed by atoms with Crippen molar-refractivity contribution in [2.75, 3.05) is 0 Å². The van der Waals surface area contributed by atoms with Gasteiger partial charge in [0.05, 0.1) is 5.39 Å². The van der Waals surface area contributed by atoms with Crippen molar-refractivity contribution in [1.29, 1.82) is 0 Å². The first-order valence-corrected chi connectivity index (χ1v) is 5.93. The van der Waals surface area contributed by atoms with E-state index in [0.29, 0.717) is 11.2 Å². The molecule has 0 N–H and O–H groups in total. The summed E-state index contributed by atoms with van der Waals surface area (Å²) >= 11 is 6.13. The lowest BCUT2D eigenvalue weighted by Gasteiger charge is -2.14. The van der Waals surface area contributed by atoms with Crippen LogP contribution in [-0.4, -0.2) is 14.5 Å². The van der Waals surface area contributed by atoms with Crippen LogP contribution in [0.2, 0.25) is 5.15 Å². The van der Waals surface area contributed by atoms with Crippen LogP contribution in [-0.2, 0) is 0 Å². The largest absolute Gasteiger partial charge is 0.327 e. The molecular formula is C12H16ClN3. The highest BCUT2D eigenvalue weighted by molar-refractivity contribution is 6.34. The highest BCUT2D eigenvalue weighted by Crippen LogP contribution is 2.31. The Labute approximate surface area is 100 Å². The zero-order chi connectivity index (χ0) is 11.9. The van der Waals surface area contributed by atoms with Crippen molar-refractivity contribution in [3.05, 3.63) is 22.7 Å². The molecule has 16 heavy (non-hydrogen) atoms. The zero-order valence-electron chi connectivity index (χ0n) is 10.1. The second kappa shape index (κ2) is 4.06. The number of fused-ring (bicyclic) bond motifs is 1. The standard InChI is InChI=1S/C12H16ClN3/c1-5-7(2)16-9(4)8(3)10-11(13)14-6-15-12(10)16/h6-7H,5H2,1-4H3. The molecule has 0 amide bonds. The van der Waals surface area contributed by atoms with Crippen LogP contribution in [0.3, 0.4) is 0 Å². The smallest absolute Gasteiger partial charge is 0.145 e. The lowest BCUT2D eigenvalue weighted by atomic mass is 10.2. The Balaban J connectivity index is 2.84. The van der Waals surface area contributed by atoms with E-state index in [0.717, 1.165) is 17.5 Å². The second-order valence-corrected chi connectivity index (χ2v) is 4.56. The molecule has 0 saturated heterocycles. The van der Waals surface area contributed by atoms with Gasteiger partial charge in [0.1, 0.15) is 17.1 Å². The molecule has 0 aliphatic heterocycles. The van der Waals surface area contributed by atoms with Gasteiger partial charge in [-0.3, -0.25) is 0 Å². The summed E-state index contributed by atoms with van der Waals surface area (Å²) in [6.45, 7) is 8.56. The Kier molecular flexibility index (Phi) is 2.89. The molecule has 2 rings (SSSR count). The molecule has 0 saturated carbocycles. The minimum atomic E-state index is 0.433. The van der Waals surface area contributed by atoms with Crippen LogP contribution in [0.5, 0.6) is 0 Å². The van der Waals surface area contributed by atoms with Crippen LogP contribution in [0.1, 0.15) is 37.6 Å². The predicted octanol–water partition coefficient (Wildman–Crippen LogP) is 3.67. The lowest BCUT2D eigenvalue weighted by molar-refractivity contribution is 0.533. The molecule has 0 fully saturated rings. The molecule has 4 heteroatoms. The molecule has 3 nitrogen and oxygen atoms in total. The first-order valence-electron chi connectivity index (χ1n) is 5.55. The van der Waals surface area contributed by atoms with Gasteiger partial charge in [0.2, 0.25) is 0 Å². The highest BCUT2D eigenvalue weighted by Gasteiger charge is 2.17. The minimum absolute atomic E-state index is 0.433. The van der Waals surface area contributed by atoms with Gasteiger partial charge in [-0.15, -0.1) is 0 Å². The van der Waals surface area contributed by atoms with E-state index in [4.69, 9.17) is 11.6 Å². The number of aromatic nitrogens is 3. The van der Waals surface area contributed by atoms with Crippen molar-refractivity contribution in [2.24, 2.45) is 0 Å². The maximum absolute atomic E-state index is 6.13. The van der Waals surface area contributed by atoms with Crippen molar-refractivity contribution in [2.45, 2.75) is 40.2 Å². The molecule has 0 aliphatic carbocycles. The van der Waals surface area contributed by atoms with E-state index in [-0.39, 0.29) is 0 Å². The van der Waals surface area contributed by atoms with E-state index in [1.807, 2.05) is 0 Å². The summed E-state index contributed by atoms with van der Waals surface area (Å²) in [6.07, 6.45) is 2.61. The average molecular weight is 238 g/mol. The monoisotopic (exact) mass is 237 g/mol. The Hall–Kier alpha value is -1.09. The second-order valence-electron chi connectivity index (χ2n) is 4.20. The third-order valence-electron chi connectivity index (χ3n) is 3.32. The number of hydrogen-bond donors (Lipinski definition) is 0. The van der Waals surface area contributed by atoms with Gasteiger partial charge in [0.25, 0.3) is 0 Å². The third-order valence-corrected chi connectivity index (χ3v) is 3.61. The maximum atomic E-state index is 6.13. The van der Waals surface area contributed by atoms with Crippen LogP contribution < -0.4 is 0 Å². The molecule has 0 bridgehead atoms. The predicted molar refractivity (Wildman–Crippen MR) is 67.0 cm³/mol. The topological polar surface area (TPSA) is 30.7 Å². The van der Waals surface area contributed by atoms with Gasteiger partial charge in [-0.1, -0.05) is 18.5 Å². The van der Waals surface area contributed by atoms with E-state index < -0.39 is 0 Å². The van der Waals surface area contributed by atoms with Crippen LogP contribution in [0.15, 0.2) is 6.33 Å². The average Bonchev–Trinajstić information content (AvgIpc) is 2.52. The van der Waals surface area contributed by atoms with Crippen LogP contribution in [0.4, 0.5) is 0 Å². The Morgan fingerprint density at radius 1 is 1.38 bits per heavy atom. The first kappa shape index (κ1) is 11.4. The van der Waals surface area contributed by atoms with Gasteiger partial charge in [-0.2, -0.15) is 0 Å². The molecule has 0 spiro atoms. The van der Waals surface area contributed by atoms with Crippen LogP contribution >= 0.6 is 11.6 Å². The fraction of sp³-hybridized carbons (Fsp3) is 0.500. The molecule has 0 radical (unpaired) electrons. The third kappa shape index (κ3) is 1.50. The van der Waals surface area contributed by atoms with E-state index in [1.165, 1.54) is 17.6 Å². The Morgan fingerprint density at radius 2 is 2.06 bits per heavy atom. The maximum Gasteiger partial charge on any atom is 0.145 e. The van der Waals surface area contributed by atoms with Crippen molar-refractivity contribution >= 4 is 22.6 Å². The van der Waals surface area contributed by atoms with E-state index in [1.54, 1.807) is 0 Å². The fourth-order valence-corrected chi connectivity index (χ4v) is 2.37. The summed E-state index contributed by atoms with van der Waals surface area (Å²) in [7, 11) is 0. The zero-order valence-corrected chi connectivity index (χ0v) is 10.8. The van der Waals surface area contributed by atoms with Crippen molar-refractivity contribution in [3.63, 3.8) is 0 Å². The molecule has 2 aromatic heterocycles. The van der Waals surface area contributed by atoms with Gasteiger partial charge in [-0.25, -0.2) is 9.97 Å². The molecule has 2 heterocycles. The first-order chi connectivity index (χ1) is 7.57. The fourth-order valence-electron chi connectivity index (χ4n) is 2.10. The Morgan fingerprint density at radius 3 is 2.69 bits per heavy atom. The Bertz CT molecular complexity index is 531. The number of aryl methyl sites for hydroxylation is 1. The summed E-state index contributed by atoms with van der Waals surface area (Å²) in [4.78, 5) is 8.41. The number of halogens is 1. The summed E-state index contributed by atoms with van der Waals surface area (Å²) in [5.74, 6) is 0. The van der Waals surface area contributed by atoms with Crippen molar-refractivity contribution in [1.82, 2.24) is 14.5 Å². The van der Waals surface area contributed by atoms with E-state index in [2.05, 4.69) is 42.2 Å². The normalized spacial score (nSPS) is 13.3. The summed E-state index contributed by atoms with van der Waals surface area (Å²) < 4.78 is 2.25. The van der Waals surface area contributed by atoms with Gasteiger partial charge in [-0.05, 0) is 32.8 Å². The summed E-state index contributed by atoms with van der Waals surface area (Å²) in [5, 5.41) is 1.54. The van der Waals surface area contributed by atoms with E-state index >= 15 is 0 Å². The van der Waals surface area contributed by atoms with Gasteiger partial charge in [0, 0.05) is 11.7 Å². The van der Waals surface area contributed by atoms with Crippen LogP contribution in [0.25, 0.3) is 11.0 Å². The van der Waals surface area contributed by atoms with Crippen LogP contribution in [0, 0.1) is 13.8 Å². The van der Waals surface area contributed by atoms with Gasteiger partial charge < -0.3 is 4.57 Å². The SMILES string of the molecule is CCC(C)n1c(C)c(C)c2c(Cl)ncnc21. The quantitative estimate of drug-likeness (QED) is 0.746. The molecular weight excluding hydrogens is 222 g/mol. The highest BCUT2D eigenvalue weighted by atomic mass is 35.5. The molecule has 2 aromatic rings. The molecule has 1 unspecified atom stereocenters. The van der Waals surface area contributed by atoms with E-state index in [9.17, 15) is 0 Å². The van der Waals surface area contributed by atoms with Gasteiger partial charge >= 0.3 is 0 Å². The molecule has 1 atom stereocenters. The minimum Gasteiger partial charge on any atom is -0.327 e. The molecule has 86 valence electrons.